The highest BCUT2D eigenvalue weighted by molar-refractivity contribution is 7.07. The highest BCUT2D eigenvalue weighted by Gasteiger charge is 2.47. The van der Waals surface area contributed by atoms with Crippen molar-refractivity contribution in [1.82, 2.24) is 15.6 Å². The molecule has 4 unspecified atom stereocenters. The molecule has 2 bridgehead atoms. The summed E-state index contributed by atoms with van der Waals surface area (Å²) in [7, 11) is 0. The number of carbonyl (C=O) groups excluding carboxylic acids is 1. The molecule has 0 saturated heterocycles. The average Bonchev–Trinajstić information content (AvgIpc) is 3.15. The molecular formula is C14H21N3O2S. The number of amides is 2. The van der Waals surface area contributed by atoms with Gasteiger partial charge in [-0.3, -0.25) is 0 Å². The summed E-state index contributed by atoms with van der Waals surface area (Å²) in [5, 5.41) is 17.4. The lowest BCUT2D eigenvalue weighted by atomic mass is 9.85. The van der Waals surface area contributed by atoms with Gasteiger partial charge in [-0.1, -0.05) is 0 Å². The van der Waals surface area contributed by atoms with E-state index in [0.29, 0.717) is 18.4 Å². The van der Waals surface area contributed by atoms with E-state index in [2.05, 4.69) is 15.6 Å². The highest BCUT2D eigenvalue weighted by atomic mass is 32.1. The maximum absolute atomic E-state index is 11.9. The van der Waals surface area contributed by atoms with Gasteiger partial charge in [0.25, 0.3) is 0 Å². The van der Waals surface area contributed by atoms with Gasteiger partial charge >= 0.3 is 6.03 Å². The summed E-state index contributed by atoms with van der Waals surface area (Å²) in [5.74, 6) is 1.41. The van der Waals surface area contributed by atoms with E-state index in [1.165, 1.54) is 12.8 Å². The molecule has 4 atom stereocenters. The van der Waals surface area contributed by atoms with E-state index in [0.717, 1.165) is 18.5 Å². The number of thiazole rings is 1. The maximum atomic E-state index is 11.9. The van der Waals surface area contributed by atoms with Crippen molar-refractivity contribution in [3.05, 3.63) is 16.6 Å². The predicted octanol–water partition coefficient (Wildman–Crippen LogP) is 1.39. The van der Waals surface area contributed by atoms with Crippen LogP contribution in [0.4, 0.5) is 4.79 Å². The number of rotatable bonds is 5. The van der Waals surface area contributed by atoms with Gasteiger partial charge in [0.2, 0.25) is 0 Å². The van der Waals surface area contributed by atoms with Crippen molar-refractivity contribution in [1.29, 1.82) is 0 Å². The van der Waals surface area contributed by atoms with Gasteiger partial charge in [0.15, 0.2) is 0 Å². The fraction of sp³-hybridized carbons (Fsp3) is 0.714. The third kappa shape index (κ3) is 2.81. The Labute approximate surface area is 122 Å². The number of nitrogens with zero attached hydrogens (tertiary/aromatic N) is 1. The first-order chi connectivity index (χ1) is 9.78. The van der Waals surface area contributed by atoms with Crippen LogP contribution in [0.5, 0.6) is 0 Å². The lowest BCUT2D eigenvalue weighted by Crippen LogP contribution is -2.49. The Kier molecular flexibility index (Phi) is 4.21. The van der Waals surface area contributed by atoms with Crippen LogP contribution in [-0.4, -0.2) is 35.3 Å². The normalized spacial score (nSPS) is 31.4. The topological polar surface area (TPSA) is 74.2 Å². The summed E-state index contributed by atoms with van der Waals surface area (Å²) in [6.45, 7) is 0.783. The zero-order valence-corrected chi connectivity index (χ0v) is 12.2. The maximum Gasteiger partial charge on any atom is 0.315 e. The summed E-state index contributed by atoms with van der Waals surface area (Å²) in [6.07, 6.45) is 4.32. The van der Waals surface area contributed by atoms with Crippen LogP contribution in [0.15, 0.2) is 10.9 Å². The summed E-state index contributed by atoms with van der Waals surface area (Å²) in [5.41, 5.74) is 2.82. The van der Waals surface area contributed by atoms with Crippen LogP contribution in [0.2, 0.25) is 0 Å². The first-order valence-electron chi connectivity index (χ1n) is 7.30. The molecule has 3 N–H and O–H groups in total. The van der Waals surface area contributed by atoms with Gasteiger partial charge in [0.05, 0.1) is 11.2 Å². The number of aliphatic hydroxyl groups excluding tert-OH is 1. The lowest BCUT2D eigenvalue weighted by molar-refractivity contribution is 0.144. The Morgan fingerprint density at radius 2 is 2.30 bits per heavy atom. The zero-order valence-electron chi connectivity index (χ0n) is 11.4. The van der Waals surface area contributed by atoms with E-state index in [9.17, 15) is 9.90 Å². The van der Waals surface area contributed by atoms with Crippen molar-refractivity contribution >= 4 is 17.4 Å². The molecule has 110 valence electrons. The van der Waals surface area contributed by atoms with E-state index in [4.69, 9.17) is 0 Å². The van der Waals surface area contributed by atoms with Gasteiger partial charge in [-0.05, 0) is 31.1 Å². The third-order valence-electron chi connectivity index (χ3n) is 4.75. The molecule has 20 heavy (non-hydrogen) atoms. The molecule has 2 aliphatic carbocycles. The molecule has 0 spiro atoms. The van der Waals surface area contributed by atoms with E-state index in [1.54, 1.807) is 16.8 Å². The second-order valence-corrected chi connectivity index (χ2v) is 6.55. The first-order valence-corrected chi connectivity index (χ1v) is 8.24. The van der Waals surface area contributed by atoms with Gasteiger partial charge in [-0.2, -0.15) is 0 Å². The monoisotopic (exact) mass is 295 g/mol. The van der Waals surface area contributed by atoms with E-state index in [-0.39, 0.29) is 24.6 Å². The fourth-order valence-electron chi connectivity index (χ4n) is 3.77. The van der Waals surface area contributed by atoms with Crippen LogP contribution >= 0.6 is 11.3 Å². The minimum absolute atomic E-state index is 0.115. The van der Waals surface area contributed by atoms with E-state index < -0.39 is 0 Å². The average molecular weight is 295 g/mol. The van der Waals surface area contributed by atoms with Crippen LogP contribution in [-0.2, 0) is 6.42 Å². The molecule has 2 fully saturated rings. The van der Waals surface area contributed by atoms with Crippen molar-refractivity contribution < 1.29 is 9.90 Å². The molecule has 2 saturated carbocycles. The molecule has 5 nitrogen and oxygen atoms in total. The second-order valence-electron chi connectivity index (χ2n) is 5.84. The van der Waals surface area contributed by atoms with Crippen molar-refractivity contribution in [2.24, 2.45) is 17.8 Å². The standard InChI is InChI=1S/C14H21N3O2S/c18-6-12-9-1-2-10(5-9)13(12)17-14(19)15-4-3-11-7-20-8-16-11/h7-10,12-13,18H,1-6H2,(H2,15,17,19). The van der Waals surface area contributed by atoms with Gasteiger partial charge in [-0.15, -0.1) is 11.3 Å². The van der Waals surface area contributed by atoms with E-state index in [1.807, 2.05) is 5.38 Å². The molecule has 0 aromatic carbocycles. The van der Waals surface area contributed by atoms with Gasteiger partial charge in [0.1, 0.15) is 0 Å². The van der Waals surface area contributed by atoms with Crippen LogP contribution in [0.3, 0.4) is 0 Å². The summed E-state index contributed by atoms with van der Waals surface area (Å²) in [6, 6.07) is 0.0363. The molecule has 2 amide bonds. The van der Waals surface area contributed by atoms with Crippen molar-refractivity contribution in [3.63, 3.8) is 0 Å². The number of aromatic nitrogens is 1. The lowest BCUT2D eigenvalue weighted by Gasteiger charge is -2.30. The number of hydrogen-bond acceptors (Lipinski definition) is 4. The molecule has 2 aliphatic rings. The fourth-order valence-corrected chi connectivity index (χ4v) is 4.36. The number of hydrogen-bond donors (Lipinski definition) is 3. The van der Waals surface area contributed by atoms with Crippen molar-refractivity contribution in [2.45, 2.75) is 31.7 Å². The molecule has 0 aliphatic heterocycles. The Bertz CT molecular complexity index is 451. The minimum Gasteiger partial charge on any atom is -0.396 e. The predicted molar refractivity (Wildman–Crippen MR) is 77.5 cm³/mol. The number of fused-ring (bicyclic) bond motifs is 2. The number of aliphatic hydroxyl groups is 1. The van der Waals surface area contributed by atoms with E-state index >= 15 is 0 Å². The van der Waals surface area contributed by atoms with Crippen LogP contribution in [0.25, 0.3) is 0 Å². The largest absolute Gasteiger partial charge is 0.396 e. The number of carbonyl (C=O) groups is 1. The molecular weight excluding hydrogens is 274 g/mol. The second kappa shape index (κ2) is 6.10. The molecule has 1 heterocycles. The van der Waals surface area contributed by atoms with Crippen molar-refractivity contribution in [3.8, 4) is 0 Å². The summed E-state index contributed by atoms with van der Waals surface area (Å²) < 4.78 is 0. The van der Waals surface area contributed by atoms with Crippen molar-refractivity contribution in [2.75, 3.05) is 13.2 Å². The first kappa shape index (κ1) is 13.8. The van der Waals surface area contributed by atoms with Crippen LogP contribution in [0.1, 0.15) is 25.0 Å². The summed E-state index contributed by atoms with van der Waals surface area (Å²) >= 11 is 1.57. The molecule has 6 heteroatoms. The minimum atomic E-state index is -0.115. The SMILES string of the molecule is O=C(NCCc1cscn1)NC1C2CCC(C2)C1CO. The molecule has 1 aromatic heterocycles. The Hall–Kier alpha value is -1.14. The molecule has 0 radical (unpaired) electrons. The van der Waals surface area contributed by atoms with Gasteiger partial charge in [-0.25, -0.2) is 9.78 Å². The van der Waals surface area contributed by atoms with Crippen LogP contribution < -0.4 is 10.6 Å². The smallest absolute Gasteiger partial charge is 0.315 e. The Balaban J connectivity index is 1.44. The zero-order chi connectivity index (χ0) is 13.9. The quantitative estimate of drug-likeness (QED) is 0.768. The van der Waals surface area contributed by atoms with Gasteiger partial charge < -0.3 is 15.7 Å². The van der Waals surface area contributed by atoms with Gasteiger partial charge in [0, 0.05) is 36.9 Å². The molecule has 1 aromatic rings. The van der Waals surface area contributed by atoms with Crippen LogP contribution in [0, 0.1) is 17.8 Å². The number of urea groups is 1. The Morgan fingerprint density at radius 1 is 1.45 bits per heavy atom. The third-order valence-corrected chi connectivity index (χ3v) is 5.38. The Morgan fingerprint density at radius 3 is 3.05 bits per heavy atom. The summed E-state index contributed by atoms with van der Waals surface area (Å²) in [4.78, 5) is 16.1. The number of nitrogens with one attached hydrogen (secondary N) is 2. The molecule has 3 rings (SSSR count). The highest BCUT2D eigenvalue weighted by Crippen LogP contribution is 2.48.